The molecule has 0 heterocycles. The predicted octanol–water partition coefficient (Wildman–Crippen LogP) is 2.41. The zero-order valence-electron chi connectivity index (χ0n) is 19.4. The van der Waals surface area contributed by atoms with Gasteiger partial charge in [-0.3, -0.25) is 0 Å². The minimum Gasteiger partial charge on any atom is -0.444 e. The SMILES string of the molecule is CCCCOCCOCCOCCOCCOCCOCCNC(=O)OC(C)(C)C. The lowest BCUT2D eigenvalue weighted by Crippen LogP contribution is -2.34. The molecule has 0 aliphatic rings. The summed E-state index contributed by atoms with van der Waals surface area (Å²) in [6.45, 7) is 14.6. The highest BCUT2D eigenvalue weighted by molar-refractivity contribution is 5.67. The number of rotatable bonds is 21. The third-order valence-electron chi connectivity index (χ3n) is 3.42. The van der Waals surface area contributed by atoms with Gasteiger partial charge in [-0.2, -0.15) is 0 Å². The molecule has 0 saturated heterocycles. The van der Waals surface area contributed by atoms with Crippen LogP contribution < -0.4 is 5.32 Å². The van der Waals surface area contributed by atoms with Gasteiger partial charge in [-0.15, -0.1) is 0 Å². The zero-order valence-corrected chi connectivity index (χ0v) is 19.4. The van der Waals surface area contributed by atoms with Gasteiger partial charge in [0.25, 0.3) is 0 Å². The average Bonchev–Trinajstić information content (AvgIpc) is 2.68. The number of carbonyl (C=O) groups is 1. The van der Waals surface area contributed by atoms with E-state index in [-0.39, 0.29) is 0 Å². The number of nitrogens with one attached hydrogen (secondary N) is 1. The molecule has 9 heteroatoms. The lowest BCUT2D eigenvalue weighted by Gasteiger charge is -2.19. The van der Waals surface area contributed by atoms with Crippen LogP contribution in [0.4, 0.5) is 4.79 Å². The van der Waals surface area contributed by atoms with Gasteiger partial charge in [0.1, 0.15) is 5.60 Å². The monoisotopic (exact) mass is 437 g/mol. The van der Waals surface area contributed by atoms with Crippen LogP contribution in [-0.2, 0) is 33.2 Å². The minimum atomic E-state index is -0.496. The number of amides is 1. The standard InChI is InChI=1S/C21H43NO8/c1-5-6-8-24-10-12-26-14-16-28-18-19-29-17-15-27-13-11-25-9-7-22-20(23)30-21(2,3)4/h5-19H2,1-4H3,(H,22,23). The molecule has 1 N–H and O–H groups in total. The first-order valence-electron chi connectivity index (χ1n) is 10.9. The van der Waals surface area contributed by atoms with Crippen molar-refractivity contribution in [2.75, 3.05) is 85.8 Å². The van der Waals surface area contributed by atoms with E-state index in [9.17, 15) is 4.79 Å². The maximum absolute atomic E-state index is 11.4. The van der Waals surface area contributed by atoms with Crippen molar-refractivity contribution in [3.63, 3.8) is 0 Å². The third kappa shape index (κ3) is 25.1. The van der Waals surface area contributed by atoms with Crippen LogP contribution in [0.5, 0.6) is 0 Å². The Morgan fingerprint density at radius 3 is 1.37 bits per heavy atom. The number of hydrogen-bond donors (Lipinski definition) is 1. The molecule has 0 spiro atoms. The minimum absolute atomic E-state index is 0.399. The van der Waals surface area contributed by atoms with Gasteiger partial charge in [0.05, 0.1) is 72.7 Å². The van der Waals surface area contributed by atoms with E-state index < -0.39 is 11.7 Å². The van der Waals surface area contributed by atoms with Crippen LogP contribution in [0.3, 0.4) is 0 Å². The summed E-state index contributed by atoms with van der Waals surface area (Å²) in [4.78, 5) is 11.4. The lowest BCUT2D eigenvalue weighted by atomic mass is 10.2. The topological polar surface area (TPSA) is 93.7 Å². The Bertz CT molecular complexity index is 377. The first-order valence-corrected chi connectivity index (χ1v) is 10.9. The fourth-order valence-electron chi connectivity index (χ4n) is 1.99. The number of carbonyl (C=O) groups excluding carboxylic acids is 1. The molecule has 0 fully saturated rings. The fourth-order valence-corrected chi connectivity index (χ4v) is 1.99. The van der Waals surface area contributed by atoms with E-state index in [4.69, 9.17) is 33.2 Å². The summed E-state index contributed by atoms with van der Waals surface area (Å²) in [5, 5.41) is 2.63. The van der Waals surface area contributed by atoms with Crippen LogP contribution in [0, 0.1) is 0 Å². The second kappa shape index (κ2) is 21.3. The molecule has 9 nitrogen and oxygen atoms in total. The van der Waals surface area contributed by atoms with Gasteiger partial charge in [-0.1, -0.05) is 13.3 Å². The van der Waals surface area contributed by atoms with Gasteiger partial charge < -0.3 is 38.5 Å². The molecule has 180 valence electrons. The van der Waals surface area contributed by atoms with E-state index in [1.54, 1.807) is 0 Å². The largest absolute Gasteiger partial charge is 0.444 e. The molecular weight excluding hydrogens is 394 g/mol. The van der Waals surface area contributed by atoms with E-state index in [2.05, 4.69) is 12.2 Å². The molecule has 0 rings (SSSR count). The molecule has 0 atom stereocenters. The summed E-state index contributed by atoms with van der Waals surface area (Å²) in [5.41, 5.74) is -0.496. The first kappa shape index (κ1) is 29.0. The molecule has 0 aromatic rings. The Labute approximate surface area is 182 Å². The van der Waals surface area contributed by atoms with Crippen LogP contribution in [0.15, 0.2) is 0 Å². The predicted molar refractivity (Wildman–Crippen MR) is 114 cm³/mol. The summed E-state index contributed by atoms with van der Waals surface area (Å²) in [6, 6.07) is 0. The Balaban J connectivity index is 3.11. The molecule has 0 radical (unpaired) electrons. The molecule has 1 amide bonds. The van der Waals surface area contributed by atoms with Gasteiger partial charge >= 0.3 is 6.09 Å². The number of ether oxygens (including phenoxy) is 7. The molecule has 0 aliphatic carbocycles. The van der Waals surface area contributed by atoms with Crippen molar-refractivity contribution >= 4 is 6.09 Å². The molecule has 0 aromatic heterocycles. The van der Waals surface area contributed by atoms with Crippen LogP contribution in [0.1, 0.15) is 40.5 Å². The molecule has 0 saturated carbocycles. The normalized spacial score (nSPS) is 11.6. The van der Waals surface area contributed by atoms with Crippen molar-refractivity contribution in [3.8, 4) is 0 Å². The van der Waals surface area contributed by atoms with Crippen LogP contribution >= 0.6 is 0 Å². The van der Waals surface area contributed by atoms with Gasteiger partial charge in [0, 0.05) is 13.2 Å². The van der Waals surface area contributed by atoms with Crippen LogP contribution in [0.25, 0.3) is 0 Å². The van der Waals surface area contributed by atoms with Crippen molar-refractivity contribution in [2.24, 2.45) is 0 Å². The van der Waals surface area contributed by atoms with Gasteiger partial charge in [0.15, 0.2) is 0 Å². The van der Waals surface area contributed by atoms with E-state index in [1.165, 1.54) is 0 Å². The highest BCUT2D eigenvalue weighted by Gasteiger charge is 2.15. The van der Waals surface area contributed by atoms with Crippen LogP contribution in [-0.4, -0.2) is 97.5 Å². The number of unbranched alkanes of at least 4 members (excludes halogenated alkanes) is 1. The number of hydrogen-bond acceptors (Lipinski definition) is 8. The summed E-state index contributed by atoms with van der Waals surface area (Å²) >= 11 is 0. The molecule has 0 bridgehead atoms. The fraction of sp³-hybridized carbons (Fsp3) is 0.952. The first-order chi connectivity index (χ1) is 14.5. The van der Waals surface area contributed by atoms with E-state index >= 15 is 0 Å². The molecule has 0 aromatic carbocycles. The Morgan fingerprint density at radius 2 is 1.00 bits per heavy atom. The van der Waals surface area contributed by atoms with Crippen molar-refractivity contribution in [1.82, 2.24) is 5.32 Å². The molecular formula is C21H43NO8. The Hall–Kier alpha value is -0.970. The summed E-state index contributed by atoms with van der Waals surface area (Å²) < 4.78 is 37.5. The van der Waals surface area contributed by atoms with E-state index in [1.807, 2.05) is 20.8 Å². The Kier molecular flexibility index (Phi) is 20.6. The quantitative estimate of drug-likeness (QED) is 0.274. The van der Waals surface area contributed by atoms with E-state index in [0.717, 1.165) is 19.4 Å². The molecule has 0 aliphatic heterocycles. The summed E-state index contributed by atoms with van der Waals surface area (Å²) in [6.07, 6.45) is 1.80. The average molecular weight is 438 g/mol. The molecule has 0 unspecified atom stereocenters. The second-order valence-electron chi connectivity index (χ2n) is 7.46. The van der Waals surface area contributed by atoms with Crippen molar-refractivity contribution < 1.29 is 38.0 Å². The highest BCUT2D eigenvalue weighted by atomic mass is 16.6. The van der Waals surface area contributed by atoms with Crippen molar-refractivity contribution in [3.05, 3.63) is 0 Å². The van der Waals surface area contributed by atoms with E-state index in [0.29, 0.717) is 79.2 Å². The van der Waals surface area contributed by atoms with Crippen molar-refractivity contribution in [2.45, 2.75) is 46.1 Å². The van der Waals surface area contributed by atoms with Crippen molar-refractivity contribution in [1.29, 1.82) is 0 Å². The molecule has 30 heavy (non-hydrogen) atoms. The number of alkyl carbamates (subject to hydrolysis) is 1. The van der Waals surface area contributed by atoms with Gasteiger partial charge in [-0.05, 0) is 27.2 Å². The zero-order chi connectivity index (χ0) is 22.3. The lowest BCUT2D eigenvalue weighted by molar-refractivity contribution is -0.0167. The summed E-state index contributed by atoms with van der Waals surface area (Å²) in [5.74, 6) is 0. The maximum atomic E-state index is 11.4. The smallest absolute Gasteiger partial charge is 0.407 e. The Morgan fingerprint density at radius 1 is 0.633 bits per heavy atom. The van der Waals surface area contributed by atoms with Gasteiger partial charge in [-0.25, -0.2) is 4.79 Å². The van der Waals surface area contributed by atoms with Gasteiger partial charge in [0.2, 0.25) is 0 Å². The highest BCUT2D eigenvalue weighted by Crippen LogP contribution is 2.06. The third-order valence-corrected chi connectivity index (χ3v) is 3.42. The van der Waals surface area contributed by atoms with Crippen LogP contribution in [0.2, 0.25) is 0 Å². The maximum Gasteiger partial charge on any atom is 0.407 e. The summed E-state index contributed by atoms with van der Waals surface area (Å²) in [7, 11) is 0. The second-order valence-corrected chi connectivity index (χ2v) is 7.46.